The first-order valence-electron chi connectivity index (χ1n) is 4.64. The van der Waals surface area contributed by atoms with Crippen molar-refractivity contribution in [2.75, 3.05) is 6.61 Å². The molecule has 0 spiro atoms. The van der Waals surface area contributed by atoms with Gasteiger partial charge in [0.25, 0.3) is 0 Å². The molecule has 0 bridgehead atoms. The SMILES string of the molecule is Cc1ncc(C2(C)CCCO2)cn1. The summed E-state index contributed by atoms with van der Waals surface area (Å²) in [7, 11) is 0. The molecule has 3 nitrogen and oxygen atoms in total. The topological polar surface area (TPSA) is 35.0 Å². The van der Waals surface area contributed by atoms with Crippen LogP contribution in [-0.4, -0.2) is 16.6 Å². The van der Waals surface area contributed by atoms with Crippen molar-refractivity contribution in [3.63, 3.8) is 0 Å². The van der Waals surface area contributed by atoms with Crippen LogP contribution in [0.15, 0.2) is 12.4 Å². The van der Waals surface area contributed by atoms with Gasteiger partial charge in [0.15, 0.2) is 0 Å². The second-order valence-electron chi connectivity index (χ2n) is 3.70. The van der Waals surface area contributed by atoms with Crippen molar-refractivity contribution in [2.45, 2.75) is 32.3 Å². The number of rotatable bonds is 1. The molecule has 1 aromatic heterocycles. The van der Waals surface area contributed by atoms with Gasteiger partial charge in [-0.15, -0.1) is 0 Å². The summed E-state index contributed by atoms with van der Waals surface area (Å²) in [5, 5.41) is 0. The zero-order valence-electron chi connectivity index (χ0n) is 8.08. The minimum absolute atomic E-state index is 0.145. The van der Waals surface area contributed by atoms with Crippen LogP contribution in [0.25, 0.3) is 0 Å². The second-order valence-corrected chi connectivity index (χ2v) is 3.70. The fraction of sp³-hybridized carbons (Fsp3) is 0.600. The molecule has 0 aliphatic carbocycles. The van der Waals surface area contributed by atoms with Crippen molar-refractivity contribution in [1.82, 2.24) is 9.97 Å². The summed E-state index contributed by atoms with van der Waals surface area (Å²) in [6.45, 7) is 4.85. The molecular formula is C10H14N2O. The summed E-state index contributed by atoms with van der Waals surface area (Å²) < 4.78 is 5.69. The van der Waals surface area contributed by atoms with Crippen molar-refractivity contribution < 1.29 is 4.74 Å². The highest BCUT2D eigenvalue weighted by atomic mass is 16.5. The monoisotopic (exact) mass is 178 g/mol. The molecule has 1 aliphatic rings. The molecule has 1 unspecified atom stereocenters. The summed E-state index contributed by atoms with van der Waals surface area (Å²) in [6, 6.07) is 0. The lowest BCUT2D eigenvalue weighted by Gasteiger charge is -2.22. The predicted octanol–water partition coefficient (Wildman–Crippen LogP) is 1.81. The maximum atomic E-state index is 5.69. The molecule has 2 heterocycles. The van der Waals surface area contributed by atoms with Crippen molar-refractivity contribution >= 4 is 0 Å². The lowest BCUT2D eigenvalue weighted by Crippen LogP contribution is -2.20. The first-order valence-corrected chi connectivity index (χ1v) is 4.64. The minimum atomic E-state index is -0.145. The van der Waals surface area contributed by atoms with Gasteiger partial charge in [0, 0.05) is 24.6 Å². The van der Waals surface area contributed by atoms with E-state index in [1.165, 1.54) is 0 Å². The highest BCUT2D eigenvalue weighted by Gasteiger charge is 2.32. The van der Waals surface area contributed by atoms with Gasteiger partial charge in [0.05, 0.1) is 5.60 Å². The fourth-order valence-electron chi connectivity index (χ4n) is 1.67. The average molecular weight is 178 g/mol. The third-order valence-corrected chi connectivity index (χ3v) is 2.61. The number of aromatic nitrogens is 2. The van der Waals surface area contributed by atoms with Gasteiger partial charge >= 0.3 is 0 Å². The van der Waals surface area contributed by atoms with E-state index in [0.717, 1.165) is 30.8 Å². The molecule has 0 radical (unpaired) electrons. The normalized spacial score (nSPS) is 27.8. The number of hydrogen-bond acceptors (Lipinski definition) is 3. The van der Waals surface area contributed by atoms with Gasteiger partial charge in [0.2, 0.25) is 0 Å². The molecular weight excluding hydrogens is 164 g/mol. The summed E-state index contributed by atoms with van der Waals surface area (Å²) in [4.78, 5) is 8.36. The Labute approximate surface area is 78.2 Å². The van der Waals surface area contributed by atoms with Crippen LogP contribution in [0, 0.1) is 6.92 Å². The smallest absolute Gasteiger partial charge is 0.125 e. The van der Waals surface area contributed by atoms with Gasteiger partial charge in [-0.25, -0.2) is 9.97 Å². The first-order chi connectivity index (χ1) is 6.21. The molecule has 70 valence electrons. The largest absolute Gasteiger partial charge is 0.370 e. The quantitative estimate of drug-likeness (QED) is 0.657. The molecule has 13 heavy (non-hydrogen) atoms. The zero-order valence-corrected chi connectivity index (χ0v) is 8.08. The van der Waals surface area contributed by atoms with E-state index in [-0.39, 0.29) is 5.60 Å². The summed E-state index contributed by atoms with van der Waals surface area (Å²) in [5.41, 5.74) is 0.948. The third kappa shape index (κ3) is 1.56. The van der Waals surface area contributed by atoms with Crippen LogP contribution in [0.3, 0.4) is 0 Å². The van der Waals surface area contributed by atoms with Gasteiger partial charge in [-0.3, -0.25) is 0 Å². The van der Waals surface area contributed by atoms with Gasteiger partial charge in [-0.1, -0.05) is 0 Å². The van der Waals surface area contributed by atoms with E-state index in [9.17, 15) is 0 Å². The molecule has 1 saturated heterocycles. The number of nitrogens with zero attached hydrogens (tertiary/aromatic N) is 2. The van der Waals surface area contributed by atoms with Crippen LogP contribution in [-0.2, 0) is 10.3 Å². The standard InChI is InChI=1S/C10H14N2O/c1-8-11-6-9(7-12-8)10(2)4-3-5-13-10/h6-7H,3-5H2,1-2H3. The Morgan fingerprint density at radius 3 is 2.62 bits per heavy atom. The van der Waals surface area contributed by atoms with E-state index in [2.05, 4.69) is 16.9 Å². The van der Waals surface area contributed by atoms with E-state index >= 15 is 0 Å². The predicted molar refractivity (Wildman–Crippen MR) is 49.3 cm³/mol. The van der Waals surface area contributed by atoms with E-state index in [4.69, 9.17) is 4.74 Å². The van der Waals surface area contributed by atoms with Crippen molar-refractivity contribution in [2.24, 2.45) is 0 Å². The Morgan fingerprint density at radius 2 is 2.08 bits per heavy atom. The number of ether oxygens (including phenoxy) is 1. The maximum Gasteiger partial charge on any atom is 0.125 e. The van der Waals surface area contributed by atoms with Gasteiger partial charge in [-0.05, 0) is 26.7 Å². The van der Waals surface area contributed by atoms with Gasteiger partial charge in [-0.2, -0.15) is 0 Å². The van der Waals surface area contributed by atoms with Crippen LogP contribution < -0.4 is 0 Å². The molecule has 0 saturated carbocycles. The van der Waals surface area contributed by atoms with Gasteiger partial charge in [0.1, 0.15) is 5.82 Å². The van der Waals surface area contributed by atoms with Crippen molar-refractivity contribution in [3.8, 4) is 0 Å². The average Bonchev–Trinajstić information content (AvgIpc) is 2.54. The summed E-state index contributed by atoms with van der Waals surface area (Å²) in [5.74, 6) is 0.811. The van der Waals surface area contributed by atoms with E-state index in [0.29, 0.717) is 0 Å². The maximum absolute atomic E-state index is 5.69. The van der Waals surface area contributed by atoms with Crippen LogP contribution in [0.5, 0.6) is 0 Å². The van der Waals surface area contributed by atoms with E-state index in [1.807, 2.05) is 19.3 Å². The molecule has 1 atom stereocenters. The Morgan fingerprint density at radius 1 is 1.38 bits per heavy atom. The second kappa shape index (κ2) is 3.07. The van der Waals surface area contributed by atoms with Crippen molar-refractivity contribution in [3.05, 3.63) is 23.8 Å². The molecule has 3 heteroatoms. The lowest BCUT2D eigenvalue weighted by molar-refractivity contribution is 0.0162. The van der Waals surface area contributed by atoms with E-state index < -0.39 is 0 Å². The number of aryl methyl sites for hydroxylation is 1. The lowest BCUT2D eigenvalue weighted by atomic mass is 9.96. The zero-order chi connectivity index (χ0) is 9.31. The van der Waals surface area contributed by atoms with Crippen LogP contribution in [0.1, 0.15) is 31.2 Å². The molecule has 1 aromatic rings. The Balaban J connectivity index is 2.29. The number of hydrogen-bond donors (Lipinski definition) is 0. The molecule has 2 rings (SSSR count). The highest BCUT2D eigenvalue weighted by Crippen LogP contribution is 2.34. The summed E-state index contributed by atoms with van der Waals surface area (Å²) in [6.07, 6.45) is 5.94. The van der Waals surface area contributed by atoms with Crippen LogP contribution >= 0.6 is 0 Å². The highest BCUT2D eigenvalue weighted by molar-refractivity contribution is 5.15. The van der Waals surface area contributed by atoms with Crippen LogP contribution in [0.4, 0.5) is 0 Å². The molecule has 1 aliphatic heterocycles. The molecule has 0 amide bonds. The molecule has 0 aromatic carbocycles. The Hall–Kier alpha value is -0.960. The first kappa shape index (κ1) is 8.63. The van der Waals surface area contributed by atoms with Crippen LogP contribution in [0.2, 0.25) is 0 Å². The van der Waals surface area contributed by atoms with Gasteiger partial charge < -0.3 is 4.74 Å². The third-order valence-electron chi connectivity index (χ3n) is 2.61. The fourth-order valence-corrected chi connectivity index (χ4v) is 1.67. The molecule has 0 N–H and O–H groups in total. The van der Waals surface area contributed by atoms with Crippen molar-refractivity contribution in [1.29, 1.82) is 0 Å². The Kier molecular flexibility index (Phi) is 2.04. The Bertz CT molecular complexity index is 288. The van der Waals surface area contributed by atoms with E-state index in [1.54, 1.807) is 0 Å². The molecule has 1 fully saturated rings. The summed E-state index contributed by atoms with van der Waals surface area (Å²) >= 11 is 0. The minimum Gasteiger partial charge on any atom is -0.370 e.